The topological polar surface area (TPSA) is 324 Å². The van der Waals surface area contributed by atoms with Gasteiger partial charge < -0.3 is 81.4 Å². The zero-order valence-corrected chi connectivity index (χ0v) is 74.9. The lowest BCUT2D eigenvalue weighted by atomic mass is 9.77. The molecule has 638 valence electrons. The number of allylic oxidation sites excluding steroid dienone is 1. The maximum atomic E-state index is 14.3. The molecule has 0 saturated carbocycles. The molecule has 21 atom stereocenters. The van der Waals surface area contributed by atoms with E-state index in [1.807, 2.05) is 76.4 Å². The van der Waals surface area contributed by atoms with Crippen LogP contribution in [-0.2, 0) is 80.5 Å². The van der Waals surface area contributed by atoms with Crippen molar-refractivity contribution in [3.8, 4) is 0 Å². The van der Waals surface area contributed by atoms with Crippen LogP contribution in [0.25, 0.3) is 10.4 Å². The summed E-state index contributed by atoms with van der Waals surface area (Å²) in [5, 5.41) is 26.1. The molecule has 0 radical (unpaired) electrons. The van der Waals surface area contributed by atoms with Crippen LogP contribution in [0.2, 0.25) is 18.1 Å². The number of aliphatic hydroxyl groups excluding tert-OH is 1. The molecular weight excluding hydrogens is 1440 g/mol. The molecule has 5 aliphatic rings. The van der Waals surface area contributed by atoms with Crippen LogP contribution in [0.3, 0.4) is 0 Å². The first-order valence-electron chi connectivity index (χ1n) is 40.4. The van der Waals surface area contributed by atoms with Gasteiger partial charge in [-0.15, -0.1) is 0 Å². The molecule has 6 unspecified atom stereocenters. The molecule has 2 N–H and O–H groups in total. The molecule has 3 fully saturated rings. The average Bonchev–Trinajstić information content (AvgIpc) is 1.68. The summed E-state index contributed by atoms with van der Waals surface area (Å²) >= 11 is 0. The predicted octanol–water partition coefficient (Wildman–Crippen LogP) is 15.0. The number of ether oxygens (including phenoxy) is 11. The van der Waals surface area contributed by atoms with Gasteiger partial charge in [0, 0.05) is 114 Å². The molecule has 5 rings (SSSR count). The summed E-state index contributed by atoms with van der Waals surface area (Å²) < 4.78 is 75.4. The first-order valence-corrected chi connectivity index (χ1v) is 43.3. The number of hydrogen-bond donors (Lipinski definition) is 2. The summed E-state index contributed by atoms with van der Waals surface area (Å²) in [5.74, 6) is -4.85. The van der Waals surface area contributed by atoms with Crippen molar-refractivity contribution in [1.29, 1.82) is 0 Å². The molecule has 0 spiro atoms. The Hall–Kier alpha value is -5.16. The van der Waals surface area contributed by atoms with E-state index in [0.29, 0.717) is 54.9 Å². The molecule has 27 nitrogen and oxygen atoms in total. The van der Waals surface area contributed by atoms with Crippen molar-refractivity contribution < 1.29 is 95.5 Å². The zero-order chi connectivity index (χ0) is 85.1. The van der Waals surface area contributed by atoms with Crippen molar-refractivity contribution in [3.63, 3.8) is 0 Å². The number of carbonyl (C=O) groups is 5. The number of ketones is 2. The second-order valence-corrected chi connectivity index (χ2v) is 40.3. The Morgan fingerprint density at radius 2 is 1.16 bits per heavy atom. The third-order valence-corrected chi connectivity index (χ3v) is 28.2. The van der Waals surface area contributed by atoms with Gasteiger partial charge >= 0.3 is 18.0 Å². The Morgan fingerprint density at radius 1 is 0.712 bits per heavy atom. The lowest BCUT2D eigenvalue weighted by molar-refractivity contribution is -0.285. The van der Waals surface area contributed by atoms with Crippen LogP contribution in [0, 0.1) is 35.5 Å². The second-order valence-electron chi connectivity index (χ2n) is 35.5. The number of azide groups is 1. The van der Waals surface area contributed by atoms with Crippen molar-refractivity contribution in [1.82, 2.24) is 14.7 Å². The number of unbranched alkanes of at least 4 members (excludes halogenated alkanes) is 3. The van der Waals surface area contributed by atoms with Crippen LogP contribution >= 0.6 is 0 Å². The number of esters is 2. The highest BCUT2D eigenvalue weighted by Gasteiger charge is 2.57. The fourth-order valence-electron chi connectivity index (χ4n) is 15.6. The summed E-state index contributed by atoms with van der Waals surface area (Å²) in [7, 11) is 9.22. The van der Waals surface area contributed by atoms with Crippen molar-refractivity contribution in [2.75, 3.05) is 62.0 Å². The van der Waals surface area contributed by atoms with Gasteiger partial charge in [0.05, 0.1) is 71.6 Å². The highest BCUT2D eigenvalue weighted by atomic mass is 28.4. The third kappa shape index (κ3) is 27.2. The molecule has 0 aliphatic carbocycles. The number of isocyanates is 1. The number of amides is 1. The number of methoxy groups -OCH3 is 2. The number of cyclic esters (lactones) is 3. The van der Waals surface area contributed by atoms with Crippen LogP contribution in [0.1, 0.15) is 243 Å². The van der Waals surface area contributed by atoms with Crippen molar-refractivity contribution in [2.24, 2.45) is 45.6 Å². The number of aliphatic hydroxyl groups is 2. The normalized spacial score (nSPS) is 28.1. The molecular formula is C83H147N7O20Si. The number of rotatable bonds is 39. The van der Waals surface area contributed by atoms with E-state index in [9.17, 15) is 39.0 Å². The Morgan fingerprint density at radius 3 is 1.56 bits per heavy atom. The predicted molar refractivity (Wildman–Crippen MR) is 430 cm³/mol. The van der Waals surface area contributed by atoms with Crippen LogP contribution in [0.15, 0.2) is 44.9 Å². The van der Waals surface area contributed by atoms with E-state index in [-0.39, 0.29) is 85.1 Å². The number of carbonyl (C=O) groups excluding carboxylic acids is 6. The van der Waals surface area contributed by atoms with Gasteiger partial charge in [-0.05, 0) is 177 Å². The van der Waals surface area contributed by atoms with E-state index in [4.69, 9.17) is 62.1 Å². The third-order valence-electron chi connectivity index (χ3n) is 23.7. The summed E-state index contributed by atoms with van der Waals surface area (Å²) in [4.78, 5) is 88.7. The minimum absolute atomic E-state index is 0.0186. The van der Waals surface area contributed by atoms with Gasteiger partial charge in [-0.3, -0.25) is 9.59 Å². The van der Waals surface area contributed by atoms with E-state index in [1.165, 1.54) is 23.5 Å². The number of Topliss-reactive ketones (excluding diaryl/α,β-unsaturated/α-hetero) is 1. The molecule has 0 bridgehead atoms. The Kier molecular flexibility index (Phi) is 38.4. The summed E-state index contributed by atoms with van der Waals surface area (Å²) in [6.45, 7) is 51.1. The smallest absolute Gasteiger partial charge is 0.410 e. The molecule has 5 heterocycles. The van der Waals surface area contributed by atoms with Gasteiger partial charge in [0.25, 0.3) is 0 Å². The highest BCUT2D eigenvalue weighted by Crippen LogP contribution is 2.46. The molecule has 0 aromatic heterocycles. The van der Waals surface area contributed by atoms with E-state index in [2.05, 4.69) is 93.5 Å². The van der Waals surface area contributed by atoms with Crippen LogP contribution < -0.4 is 0 Å². The molecule has 5 aliphatic heterocycles. The maximum absolute atomic E-state index is 14.3. The molecule has 0 aromatic rings. The molecule has 1 amide bonds. The Balaban J connectivity index is 0.000000523. The summed E-state index contributed by atoms with van der Waals surface area (Å²) in [6.07, 6.45) is 7.22. The van der Waals surface area contributed by atoms with Gasteiger partial charge in [0.15, 0.2) is 32.3 Å². The zero-order valence-electron chi connectivity index (χ0n) is 73.9. The van der Waals surface area contributed by atoms with E-state index >= 15 is 0 Å². The van der Waals surface area contributed by atoms with Crippen molar-refractivity contribution in [3.05, 3.63) is 45.3 Å². The van der Waals surface area contributed by atoms with Gasteiger partial charge in [-0.1, -0.05) is 101 Å². The van der Waals surface area contributed by atoms with E-state index in [0.717, 1.165) is 25.7 Å². The fraction of sp³-hybridized carbons (Fsp3) is 0.855. The largest absolute Gasteiger partial charge is 0.456 e. The van der Waals surface area contributed by atoms with Crippen molar-refractivity contribution >= 4 is 44.0 Å². The lowest BCUT2D eigenvalue weighted by Gasteiger charge is -2.48. The van der Waals surface area contributed by atoms with Crippen molar-refractivity contribution in [2.45, 2.75) is 363 Å². The van der Waals surface area contributed by atoms with Gasteiger partial charge in [0.2, 0.25) is 17.7 Å². The first-order chi connectivity index (χ1) is 51.2. The second kappa shape index (κ2) is 42.6. The number of hydrogen-bond acceptors (Lipinski definition) is 24. The van der Waals surface area contributed by atoms with E-state index in [1.54, 1.807) is 82.6 Å². The van der Waals surface area contributed by atoms with Gasteiger partial charge in [-0.2, -0.15) is 0 Å². The van der Waals surface area contributed by atoms with Gasteiger partial charge in [0.1, 0.15) is 22.9 Å². The SMILES string of the molecule is CCCCCN=C=O.CC[C@@H](O)[C@@]1(C)OC(=O)N(CCCCN=[N+]=[N-])[C@@H]1CC(=O)[C@H](C)C[C@@](C)(OC)[C@H](O[C@@H]1OC(C)CC(N(C)C)C1C)[C@@H](C)C1=C(C)C(=O)OC(C)(C)O1.CC[C@@H](O[Si](C)(C)C(C)(C)C)[C@@](C)(O)/C=C/C(=O)[C@H](C)C[C@@](C)(OC)[C@H](O[C@@H]1OC(C)CC(N(C)C)C1C)[C@@H](C)C1=C(C)C(=O)OC(C)(C)O1. The average molecular weight is 1590 g/mol. The lowest BCUT2D eigenvalue weighted by Crippen LogP contribution is -2.56. The summed E-state index contributed by atoms with van der Waals surface area (Å²) in [5.41, 5.74) is 4.53. The highest BCUT2D eigenvalue weighted by molar-refractivity contribution is 6.74. The minimum atomic E-state index is -2.17. The Labute approximate surface area is 666 Å². The van der Waals surface area contributed by atoms with Gasteiger partial charge in [-0.25, -0.2) is 24.2 Å². The fourth-order valence-corrected chi connectivity index (χ4v) is 17.1. The first kappa shape index (κ1) is 100. The molecule has 3 saturated heterocycles. The van der Waals surface area contributed by atoms with Crippen LogP contribution in [0.4, 0.5) is 4.79 Å². The van der Waals surface area contributed by atoms with Crippen LogP contribution in [-0.4, -0.2) is 232 Å². The number of aliphatic imine (C=N–C) groups is 1. The minimum Gasteiger partial charge on any atom is -0.456 e. The molecule has 111 heavy (non-hydrogen) atoms. The maximum Gasteiger partial charge on any atom is 0.410 e. The Bertz CT molecular complexity index is 3230. The number of nitrogens with zero attached hydrogens (tertiary/aromatic N) is 7. The summed E-state index contributed by atoms with van der Waals surface area (Å²) in [6, 6.07) is -0.321. The standard InChI is InChI=1S/C39H71NO9Si.C38H65N5O10.C6H11NO/c1-19-31(49-50(17,18)36(7,8)9)38(12,43)21-20-30(41)24(2)23-39(13,44-16)33(27(5)32-28(6)34(42)48-37(10,11)47-32)46-35-26(4)29(40(14)15)22-25(3)45-35;1-14-30(45)38(10)29(43(35(47)53-38)18-16-15-17-40-41-39)20-28(44)22(2)21-37(9,48-13)32(25(5)31-26(6)33(46)52-36(7,8)51-31)50-34-24(4)27(42(11)12)19-23(3)49-34;1-2-3-4-5-7-6-8/h20-21,24-27,29,31,33,35,43H,19,22-23H2,1-18H3;22-25,27,29-30,32,34,45H,14-21H2,1-13H3;2-5H2,1H3/b21-20+;;/t24-,25?,26?,27+,29?,31-,33-,35+,38+,39-;22-,23?,24?,25+,27?,29-,30-,32-,34+,37-,38+;/m11./s1. The quantitative estimate of drug-likeness (QED) is 0.00552. The molecule has 0 aromatic carbocycles. The van der Waals surface area contributed by atoms with Crippen LogP contribution in [0.5, 0.6) is 0 Å². The monoisotopic (exact) mass is 1590 g/mol. The van der Waals surface area contributed by atoms with E-state index < -0.39 is 127 Å². The molecule has 28 heteroatoms.